The van der Waals surface area contributed by atoms with Crippen LogP contribution in [0.1, 0.15) is 31.3 Å². The molecule has 36 heavy (non-hydrogen) atoms. The molecule has 8 heteroatoms. The van der Waals surface area contributed by atoms with Gasteiger partial charge in [-0.15, -0.1) is 0 Å². The molecule has 0 bridgehead atoms. The minimum atomic E-state index is -0.286. The first-order chi connectivity index (χ1) is 17.6. The Morgan fingerprint density at radius 3 is 2.33 bits per heavy atom. The Bertz CT molecular complexity index is 1380. The fraction of sp³-hybridized carbons (Fsp3) is 0.179. The zero-order valence-corrected chi connectivity index (χ0v) is 21.1. The molecule has 1 unspecified atom stereocenters. The summed E-state index contributed by atoms with van der Waals surface area (Å²) in [5, 5.41) is 8.32. The van der Waals surface area contributed by atoms with Gasteiger partial charge in [0.25, 0.3) is 5.89 Å². The second kappa shape index (κ2) is 10.2. The van der Waals surface area contributed by atoms with Gasteiger partial charge in [-0.1, -0.05) is 47.6 Å². The molecule has 0 saturated heterocycles. The molecule has 1 aromatic heterocycles. The summed E-state index contributed by atoms with van der Waals surface area (Å²) >= 11 is 5.84. The van der Waals surface area contributed by atoms with Crippen LogP contribution in [0.4, 0.5) is 5.69 Å². The predicted octanol–water partition coefficient (Wildman–Crippen LogP) is 6.01. The highest BCUT2D eigenvalue weighted by atomic mass is 32.1. The highest BCUT2D eigenvalue weighted by molar-refractivity contribution is 7.80. The molecule has 182 valence electrons. The van der Waals surface area contributed by atoms with E-state index in [0.717, 1.165) is 39.6 Å². The summed E-state index contributed by atoms with van der Waals surface area (Å²) in [6.07, 6.45) is 0. The molecule has 7 nitrogen and oxygen atoms in total. The maximum Gasteiger partial charge on any atom is 0.258 e. The standard InChI is InChI=1S/C28H26N4O3S/c1-4-34-23-16-12-21(13-17-23)32-18(2)24(27-30-26(31-35-27)20-8-6-5-7-9-20)25(29-28(32)36)19-10-14-22(33-3)15-11-19/h5-17,25H,4H2,1-3H3,(H,29,36). The van der Waals surface area contributed by atoms with Crippen molar-refractivity contribution in [2.45, 2.75) is 19.9 Å². The van der Waals surface area contributed by atoms with Gasteiger partial charge in [0, 0.05) is 16.9 Å². The number of nitrogens with one attached hydrogen (secondary N) is 1. The van der Waals surface area contributed by atoms with Gasteiger partial charge in [0.05, 0.1) is 25.3 Å². The van der Waals surface area contributed by atoms with E-state index in [0.29, 0.717) is 23.4 Å². The first-order valence-electron chi connectivity index (χ1n) is 11.7. The van der Waals surface area contributed by atoms with Crippen LogP contribution in [0.2, 0.25) is 0 Å². The van der Waals surface area contributed by atoms with Gasteiger partial charge in [-0.3, -0.25) is 4.90 Å². The third-order valence-electron chi connectivity index (χ3n) is 6.03. The van der Waals surface area contributed by atoms with Crippen molar-refractivity contribution in [3.8, 4) is 22.9 Å². The zero-order chi connectivity index (χ0) is 25.1. The number of hydrogen-bond acceptors (Lipinski definition) is 6. The Balaban J connectivity index is 1.61. The molecular weight excluding hydrogens is 472 g/mol. The third kappa shape index (κ3) is 4.55. The normalized spacial score (nSPS) is 15.6. The lowest BCUT2D eigenvalue weighted by atomic mass is 9.94. The second-order valence-electron chi connectivity index (χ2n) is 8.21. The van der Waals surface area contributed by atoms with E-state index in [-0.39, 0.29) is 6.04 Å². The lowest BCUT2D eigenvalue weighted by molar-refractivity contribution is 0.340. The summed E-state index contributed by atoms with van der Waals surface area (Å²) in [5.74, 6) is 2.54. The monoisotopic (exact) mass is 498 g/mol. The maximum atomic E-state index is 5.84. The molecule has 0 spiro atoms. The van der Waals surface area contributed by atoms with Crippen molar-refractivity contribution in [3.63, 3.8) is 0 Å². The van der Waals surface area contributed by atoms with Crippen LogP contribution in [0.3, 0.4) is 0 Å². The molecule has 2 heterocycles. The van der Waals surface area contributed by atoms with E-state index in [9.17, 15) is 0 Å². The van der Waals surface area contributed by atoms with Crippen LogP contribution in [0.5, 0.6) is 11.5 Å². The molecule has 0 amide bonds. The van der Waals surface area contributed by atoms with Crippen LogP contribution in [0, 0.1) is 0 Å². The van der Waals surface area contributed by atoms with E-state index in [1.807, 2.05) is 97.6 Å². The summed E-state index contributed by atoms with van der Waals surface area (Å²) in [4.78, 5) is 6.74. The Kier molecular flexibility index (Phi) is 6.69. The van der Waals surface area contributed by atoms with Crippen molar-refractivity contribution in [2.75, 3.05) is 18.6 Å². The van der Waals surface area contributed by atoms with E-state index in [1.165, 1.54) is 0 Å². The van der Waals surface area contributed by atoms with Crippen molar-refractivity contribution in [1.29, 1.82) is 0 Å². The van der Waals surface area contributed by atoms with E-state index in [1.54, 1.807) is 7.11 Å². The van der Waals surface area contributed by atoms with Gasteiger partial charge in [-0.25, -0.2) is 0 Å². The molecule has 5 rings (SSSR count). The molecule has 3 aromatic carbocycles. The number of nitrogens with zero attached hydrogens (tertiary/aromatic N) is 3. The van der Waals surface area contributed by atoms with E-state index in [4.69, 9.17) is 31.2 Å². The van der Waals surface area contributed by atoms with Crippen molar-refractivity contribution < 1.29 is 14.0 Å². The van der Waals surface area contributed by atoms with Crippen LogP contribution in [-0.2, 0) is 0 Å². The van der Waals surface area contributed by atoms with E-state index >= 15 is 0 Å². The van der Waals surface area contributed by atoms with Crippen molar-refractivity contribution in [2.24, 2.45) is 0 Å². The van der Waals surface area contributed by atoms with E-state index in [2.05, 4.69) is 10.5 Å². The van der Waals surface area contributed by atoms with Crippen LogP contribution >= 0.6 is 12.2 Å². The fourth-order valence-electron chi connectivity index (χ4n) is 4.27. The molecule has 0 radical (unpaired) electrons. The molecule has 1 atom stereocenters. The Morgan fingerprint density at radius 1 is 0.972 bits per heavy atom. The summed E-state index contributed by atoms with van der Waals surface area (Å²) in [7, 11) is 1.65. The number of methoxy groups -OCH3 is 1. The zero-order valence-electron chi connectivity index (χ0n) is 20.3. The smallest absolute Gasteiger partial charge is 0.258 e. The average Bonchev–Trinajstić information content (AvgIpc) is 3.40. The molecule has 1 aliphatic rings. The highest BCUT2D eigenvalue weighted by Crippen LogP contribution is 2.39. The number of benzene rings is 3. The number of thiocarbonyl (C=S) groups is 1. The van der Waals surface area contributed by atoms with Crippen LogP contribution < -0.4 is 19.7 Å². The topological polar surface area (TPSA) is 72.7 Å². The number of ether oxygens (including phenoxy) is 2. The maximum absolute atomic E-state index is 5.84. The molecule has 0 saturated carbocycles. The molecule has 0 aliphatic carbocycles. The third-order valence-corrected chi connectivity index (χ3v) is 6.33. The number of aromatic nitrogens is 2. The van der Waals surface area contributed by atoms with Gasteiger partial charge in [0.1, 0.15) is 11.5 Å². The Hall–Kier alpha value is -4.17. The lowest BCUT2D eigenvalue weighted by Crippen LogP contribution is -2.46. The van der Waals surface area contributed by atoms with Gasteiger partial charge in [0.2, 0.25) is 5.82 Å². The van der Waals surface area contributed by atoms with Crippen molar-refractivity contribution in [1.82, 2.24) is 15.5 Å². The Labute approximate surface area is 215 Å². The minimum absolute atomic E-state index is 0.286. The first-order valence-corrected chi connectivity index (χ1v) is 12.1. The number of hydrogen-bond donors (Lipinski definition) is 1. The van der Waals surface area contributed by atoms with Crippen molar-refractivity contribution >= 4 is 28.6 Å². The second-order valence-corrected chi connectivity index (χ2v) is 8.59. The van der Waals surface area contributed by atoms with Gasteiger partial charge < -0.3 is 19.3 Å². The highest BCUT2D eigenvalue weighted by Gasteiger charge is 2.34. The van der Waals surface area contributed by atoms with Gasteiger partial charge in [0.15, 0.2) is 5.11 Å². The predicted molar refractivity (Wildman–Crippen MR) is 144 cm³/mol. The molecular formula is C28H26N4O3S. The first kappa shape index (κ1) is 23.6. The van der Waals surface area contributed by atoms with Crippen LogP contribution in [0.25, 0.3) is 17.0 Å². The number of rotatable bonds is 7. The lowest BCUT2D eigenvalue weighted by Gasteiger charge is -2.37. The molecule has 4 aromatic rings. The summed E-state index contributed by atoms with van der Waals surface area (Å²) in [6.45, 7) is 4.59. The minimum Gasteiger partial charge on any atom is -0.497 e. The van der Waals surface area contributed by atoms with Crippen molar-refractivity contribution in [3.05, 3.63) is 96.0 Å². The molecule has 1 N–H and O–H groups in total. The average molecular weight is 499 g/mol. The SMILES string of the molecule is CCOc1ccc(N2C(=S)NC(c3ccc(OC)cc3)C(c3nc(-c4ccccc4)no3)=C2C)cc1. The summed E-state index contributed by atoms with van der Waals surface area (Å²) < 4.78 is 16.8. The quantitative estimate of drug-likeness (QED) is 0.311. The van der Waals surface area contributed by atoms with Gasteiger partial charge in [-0.2, -0.15) is 4.98 Å². The van der Waals surface area contributed by atoms with Crippen LogP contribution in [-0.4, -0.2) is 29.0 Å². The number of allylic oxidation sites excluding steroid dienone is 1. The van der Waals surface area contributed by atoms with Gasteiger partial charge >= 0.3 is 0 Å². The van der Waals surface area contributed by atoms with E-state index < -0.39 is 0 Å². The Morgan fingerprint density at radius 2 is 1.67 bits per heavy atom. The molecule has 0 fully saturated rings. The summed E-state index contributed by atoms with van der Waals surface area (Å²) in [6, 6.07) is 25.2. The largest absolute Gasteiger partial charge is 0.497 e. The molecule has 1 aliphatic heterocycles. The van der Waals surface area contributed by atoms with Gasteiger partial charge in [-0.05, 0) is 68.0 Å². The van der Waals surface area contributed by atoms with Crippen LogP contribution in [0.15, 0.2) is 89.1 Å². The number of anilines is 1. The summed E-state index contributed by atoms with van der Waals surface area (Å²) in [5.41, 5.74) is 4.53. The fourth-order valence-corrected chi connectivity index (χ4v) is 4.63.